The van der Waals surface area contributed by atoms with E-state index in [2.05, 4.69) is 13.8 Å². The van der Waals surface area contributed by atoms with E-state index in [4.69, 9.17) is 4.74 Å². The van der Waals surface area contributed by atoms with Crippen molar-refractivity contribution in [3.63, 3.8) is 0 Å². The van der Waals surface area contributed by atoms with E-state index < -0.39 is 0 Å². The third-order valence-corrected chi connectivity index (χ3v) is 4.76. The van der Waals surface area contributed by atoms with Gasteiger partial charge >= 0.3 is 0 Å². The van der Waals surface area contributed by atoms with E-state index in [1.165, 1.54) is 96.3 Å². The van der Waals surface area contributed by atoms with Crippen molar-refractivity contribution in [2.24, 2.45) is 0 Å². The van der Waals surface area contributed by atoms with Crippen molar-refractivity contribution >= 4 is 6.47 Å². The first kappa shape index (κ1) is 22.5. The highest BCUT2D eigenvalue weighted by molar-refractivity contribution is 5.37. The molecule has 2 nitrogen and oxygen atoms in total. The SMILES string of the molecule is CCCCCCCCCCCC(CCCCCCCC)OC=O. The van der Waals surface area contributed by atoms with Crippen LogP contribution in [0.4, 0.5) is 0 Å². The predicted octanol–water partition coefficient (Wildman–Crippen LogP) is 7.20. The fourth-order valence-electron chi connectivity index (χ4n) is 3.19. The summed E-state index contributed by atoms with van der Waals surface area (Å²) in [6, 6.07) is 0. The van der Waals surface area contributed by atoms with E-state index in [-0.39, 0.29) is 6.10 Å². The summed E-state index contributed by atoms with van der Waals surface area (Å²) in [5.74, 6) is 0. The first-order valence-corrected chi connectivity index (χ1v) is 10.4. The molecule has 0 aromatic carbocycles. The van der Waals surface area contributed by atoms with E-state index in [0.29, 0.717) is 6.47 Å². The molecule has 0 amide bonds. The van der Waals surface area contributed by atoms with E-state index >= 15 is 0 Å². The zero-order valence-electron chi connectivity index (χ0n) is 16.0. The van der Waals surface area contributed by atoms with Crippen LogP contribution in [0.3, 0.4) is 0 Å². The highest BCUT2D eigenvalue weighted by Crippen LogP contribution is 2.16. The maximum atomic E-state index is 10.6. The molecule has 0 saturated heterocycles. The van der Waals surface area contributed by atoms with Crippen molar-refractivity contribution < 1.29 is 9.53 Å². The lowest BCUT2D eigenvalue weighted by Crippen LogP contribution is -2.12. The van der Waals surface area contributed by atoms with Crippen LogP contribution in [-0.4, -0.2) is 12.6 Å². The van der Waals surface area contributed by atoms with Crippen LogP contribution in [0.5, 0.6) is 0 Å². The Labute approximate surface area is 145 Å². The van der Waals surface area contributed by atoms with E-state index in [0.717, 1.165) is 12.8 Å². The summed E-state index contributed by atoms with van der Waals surface area (Å²) in [7, 11) is 0. The summed E-state index contributed by atoms with van der Waals surface area (Å²) in [6.45, 7) is 5.16. The Balaban J connectivity index is 3.43. The van der Waals surface area contributed by atoms with Gasteiger partial charge in [0.25, 0.3) is 6.47 Å². The Morgan fingerprint density at radius 1 is 0.609 bits per heavy atom. The number of carbonyl (C=O) groups excluding carboxylic acids is 1. The number of carbonyl (C=O) groups is 1. The van der Waals surface area contributed by atoms with Crippen LogP contribution in [-0.2, 0) is 9.53 Å². The van der Waals surface area contributed by atoms with Gasteiger partial charge in [0.2, 0.25) is 0 Å². The molecular weight excluding hydrogens is 284 g/mol. The molecule has 138 valence electrons. The van der Waals surface area contributed by atoms with Gasteiger partial charge in [-0.2, -0.15) is 0 Å². The minimum Gasteiger partial charge on any atom is -0.465 e. The van der Waals surface area contributed by atoms with Crippen LogP contribution in [0.1, 0.15) is 123 Å². The van der Waals surface area contributed by atoms with Crippen LogP contribution < -0.4 is 0 Å². The first-order valence-electron chi connectivity index (χ1n) is 10.4. The zero-order valence-corrected chi connectivity index (χ0v) is 16.0. The molecule has 2 heteroatoms. The summed E-state index contributed by atoms with van der Waals surface area (Å²) in [4.78, 5) is 10.6. The van der Waals surface area contributed by atoms with Crippen molar-refractivity contribution in [1.82, 2.24) is 0 Å². The third-order valence-electron chi connectivity index (χ3n) is 4.76. The van der Waals surface area contributed by atoms with Crippen LogP contribution in [0.15, 0.2) is 0 Å². The maximum absolute atomic E-state index is 10.6. The van der Waals surface area contributed by atoms with Crippen LogP contribution in [0.2, 0.25) is 0 Å². The summed E-state index contributed by atoms with van der Waals surface area (Å²) < 4.78 is 5.26. The molecule has 0 fully saturated rings. The van der Waals surface area contributed by atoms with Gasteiger partial charge in [-0.25, -0.2) is 0 Å². The molecule has 0 rings (SSSR count). The van der Waals surface area contributed by atoms with Crippen LogP contribution in [0, 0.1) is 0 Å². The minimum atomic E-state index is 0.170. The molecule has 23 heavy (non-hydrogen) atoms. The Morgan fingerprint density at radius 3 is 1.30 bits per heavy atom. The topological polar surface area (TPSA) is 26.3 Å². The summed E-state index contributed by atoms with van der Waals surface area (Å²) >= 11 is 0. The van der Waals surface area contributed by atoms with Crippen molar-refractivity contribution in [3.8, 4) is 0 Å². The molecule has 1 atom stereocenters. The molecule has 0 spiro atoms. The minimum absolute atomic E-state index is 0.170. The van der Waals surface area contributed by atoms with Gasteiger partial charge in [0.1, 0.15) is 6.10 Å². The summed E-state index contributed by atoms with van der Waals surface area (Å²) in [6.07, 6.45) is 22.3. The molecular formula is C21H42O2. The maximum Gasteiger partial charge on any atom is 0.293 e. The molecule has 0 aromatic rings. The molecule has 0 aliphatic carbocycles. The highest BCUT2D eigenvalue weighted by Gasteiger charge is 2.08. The molecule has 0 aromatic heterocycles. The average molecular weight is 327 g/mol. The normalized spacial score (nSPS) is 12.3. The predicted molar refractivity (Wildman–Crippen MR) is 101 cm³/mol. The quantitative estimate of drug-likeness (QED) is 0.185. The number of rotatable bonds is 19. The zero-order chi connectivity index (χ0) is 17.0. The Bertz CT molecular complexity index is 228. The lowest BCUT2D eigenvalue weighted by molar-refractivity contribution is -0.134. The third kappa shape index (κ3) is 17.7. The van der Waals surface area contributed by atoms with Crippen molar-refractivity contribution in [2.45, 2.75) is 129 Å². The summed E-state index contributed by atoms with van der Waals surface area (Å²) in [5.41, 5.74) is 0. The fourth-order valence-corrected chi connectivity index (χ4v) is 3.19. The highest BCUT2D eigenvalue weighted by atomic mass is 16.5. The van der Waals surface area contributed by atoms with Gasteiger partial charge in [-0.05, 0) is 25.7 Å². The second kappa shape index (κ2) is 19.5. The molecule has 0 aliphatic rings. The van der Waals surface area contributed by atoms with E-state index in [1.807, 2.05) is 0 Å². The smallest absolute Gasteiger partial charge is 0.293 e. The van der Waals surface area contributed by atoms with Gasteiger partial charge in [0.15, 0.2) is 0 Å². The summed E-state index contributed by atoms with van der Waals surface area (Å²) in [5, 5.41) is 0. The monoisotopic (exact) mass is 326 g/mol. The Morgan fingerprint density at radius 2 is 0.957 bits per heavy atom. The number of hydrogen-bond donors (Lipinski definition) is 0. The van der Waals surface area contributed by atoms with Crippen molar-refractivity contribution in [2.75, 3.05) is 0 Å². The molecule has 0 bridgehead atoms. The fraction of sp³-hybridized carbons (Fsp3) is 0.952. The molecule has 0 saturated carbocycles. The standard InChI is InChI=1S/C21H42O2/c1-3-5-7-9-11-12-13-15-17-19-21(23-20-22)18-16-14-10-8-6-4-2/h20-21H,3-19H2,1-2H3. The average Bonchev–Trinajstić information content (AvgIpc) is 2.56. The van der Waals surface area contributed by atoms with Gasteiger partial charge < -0.3 is 4.74 Å². The second-order valence-corrected chi connectivity index (χ2v) is 7.03. The lowest BCUT2D eigenvalue weighted by Gasteiger charge is -2.15. The van der Waals surface area contributed by atoms with Gasteiger partial charge in [-0.1, -0.05) is 97.3 Å². The molecule has 0 N–H and O–H groups in total. The molecule has 0 radical (unpaired) electrons. The number of hydrogen-bond acceptors (Lipinski definition) is 2. The van der Waals surface area contributed by atoms with Crippen molar-refractivity contribution in [3.05, 3.63) is 0 Å². The van der Waals surface area contributed by atoms with Gasteiger partial charge in [0, 0.05) is 0 Å². The number of ether oxygens (including phenoxy) is 1. The van der Waals surface area contributed by atoms with Gasteiger partial charge in [0.05, 0.1) is 0 Å². The van der Waals surface area contributed by atoms with E-state index in [1.54, 1.807) is 0 Å². The Hall–Kier alpha value is -0.530. The van der Waals surface area contributed by atoms with Crippen LogP contribution >= 0.6 is 0 Å². The molecule has 0 aliphatic heterocycles. The molecule has 0 heterocycles. The van der Waals surface area contributed by atoms with Gasteiger partial charge in [-0.3, -0.25) is 4.79 Å². The van der Waals surface area contributed by atoms with Gasteiger partial charge in [-0.15, -0.1) is 0 Å². The first-order chi connectivity index (χ1) is 11.3. The second-order valence-electron chi connectivity index (χ2n) is 7.03. The van der Waals surface area contributed by atoms with Crippen molar-refractivity contribution in [1.29, 1.82) is 0 Å². The number of unbranched alkanes of at least 4 members (excludes halogenated alkanes) is 13. The largest absolute Gasteiger partial charge is 0.465 e. The lowest BCUT2D eigenvalue weighted by atomic mass is 10.0. The van der Waals surface area contributed by atoms with E-state index in [9.17, 15) is 4.79 Å². The Kier molecular flexibility index (Phi) is 19.1. The molecule has 1 unspecified atom stereocenters. The van der Waals surface area contributed by atoms with Crippen LogP contribution in [0.25, 0.3) is 0 Å².